The number of ether oxygens (including phenoxy) is 2. The first-order valence-corrected chi connectivity index (χ1v) is 13.6. The smallest absolute Gasteiger partial charge is 0.335 e. The van der Waals surface area contributed by atoms with E-state index >= 15 is 0 Å². The number of amides is 2. The number of aromatic carboxylic acids is 1. The number of hydrogen-bond acceptors (Lipinski definition) is 8. The van der Waals surface area contributed by atoms with Crippen molar-refractivity contribution < 1.29 is 29.0 Å². The van der Waals surface area contributed by atoms with Crippen LogP contribution in [0, 0.1) is 0 Å². The van der Waals surface area contributed by atoms with Gasteiger partial charge in [0.15, 0.2) is 11.5 Å². The lowest BCUT2D eigenvalue weighted by Crippen LogP contribution is -2.48. The molecule has 3 heterocycles. The van der Waals surface area contributed by atoms with Crippen molar-refractivity contribution in [3.8, 4) is 11.5 Å². The van der Waals surface area contributed by atoms with E-state index in [0.29, 0.717) is 51.8 Å². The van der Waals surface area contributed by atoms with Crippen LogP contribution in [0.25, 0.3) is 11.3 Å². The average molecular weight is 570 g/mol. The van der Waals surface area contributed by atoms with Gasteiger partial charge in [0.1, 0.15) is 0 Å². The van der Waals surface area contributed by atoms with E-state index in [2.05, 4.69) is 27.5 Å². The van der Waals surface area contributed by atoms with Gasteiger partial charge in [-0.05, 0) is 67.7 Å². The molecule has 0 radical (unpaired) electrons. The van der Waals surface area contributed by atoms with Crippen LogP contribution in [0.5, 0.6) is 11.5 Å². The lowest BCUT2D eigenvalue weighted by molar-refractivity contribution is -0.119. The Labute approximate surface area is 242 Å². The summed E-state index contributed by atoms with van der Waals surface area (Å²) in [5.74, 6) is -0.297. The van der Waals surface area contributed by atoms with Crippen molar-refractivity contribution in [2.45, 2.75) is 0 Å². The van der Waals surface area contributed by atoms with Crippen molar-refractivity contribution in [2.75, 3.05) is 69.1 Å². The molecular weight excluding hydrogens is 538 g/mol. The molecule has 3 aromatic carbocycles. The largest absolute Gasteiger partial charge is 0.478 e. The first kappa shape index (κ1) is 27.3. The van der Waals surface area contributed by atoms with E-state index in [-0.39, 0.29) is 24.2 Å². The summed E-state index contributed by atoms with van der Waals surface area (Å²) < 4.78 is 11.0. The first-order chi connectivity index (χ1) is 20.3. The number of carbonyl (C=O) groups excluding carboxylic acids is 2. The van der Waals surface area contributed by atoms with Crippen LogP contribution in [-0.4, -0.2) is 86.3 Å². The van der Waals surface area contributed by atoms with Crippen LogP contribution in [0.1, 0.15) is 21.5 Å². The number of anilines is 3. The molecule has 0 spiro atoms. The summed E-state index contributed by atoms with van der Waals surface area (Å²) in [6.45, 7) is 4.07. The van der Waals surface area contributed by atoms with Crippen LogP contribution in [0.15, 0.2) is 60.7 Å². The maximum atomic E-state index is 13.3. The fourth-order valence-corrected chi connectivity index (χ4v) is 5.24. The molecule has 3 aliphatic rings. The molecule has 0 bridgehead atoms. The van der Waals surface area contributed by atoms with E-state index in [4.69, 9.17) is 9.47 Å². The number of piperazine rings is 1. The van der Waals surface area contributed by atoms with Crippen molar-refractivity contribution in [1.29, 1.82) is 0 Å². The van der Waals surface area contributed by atoms with Crippen LogP contribution in [-0.2, 0) is 9.59 Å². The van der Waals surface area contributed by atoms with Gasteiger partial charge in [0, 0.05) is 61.4 Å². The number of nitrogens with zero attached hydrogens (tertiary/aromatic N) is 3. The number of fused-ring (bicyclic) bond motifs is 2. The van der Waals surface area contributed by atoms with Gasteiger partial charge in [-0.2, -0.15) is 0 Å². The molecule has 1 saturated heterocycles. The van der Waals surface area contributed by atoms with E-state index in [0.717, 1.165) is 31.9 Å². The molecule has 0 atom stereocenters. The van der Waals surface area contributed by atoms with Crippen LogP contribution in [0.3, 0.4) is 0 Å². The number of carbonyl (C=O) groups is 3. The normalized spacial score (nSPS) is 17.4. The van der Waals surface area contributed by atoms with Gasteiger partial charge in [-0.3, -0.25) is 14.5 Å². The van der Waals surface area contributed by atoms with E-state index in [1.54, 1.807) is 30.1 Å². The minimum atomic E-state index is -1.09. The van der Waals surface area contributed by atoms with E-state index in [1.165, 1.54) is 12.1 Å². The zero-order valence-electron chi connectivity index (χ0n) is 23.3. The third-order valence-corrected chi connectivity index (χ3v) is 7.78. The average Bonchev–Trinajstić information content (AvgIpc) is 3.59. The second kappa shape index (κ2) is 11.2. The lowest BCUT2D eigenvalue weighted by atomic mass is 9.98. The van der Waals surface area contributed by atoms with Gasteiger partial charge in [0.25, 0.3) is 5.91 Å². The van der Waals surface area contributed by atoms with Crippen molar-refractivity contribution in [3.05, 3.63) is 77.4 Å². The summed E-state index contributed by atoms with van der Waals surface area (Å²) in [6.07, 6.45) is 0. The minimum Gasteiger partial charge on any atom is -0.478 e. The number of carboxylic acid groups (broad SMARTS) is 1. The number of likely N-dealkylation sites (N-methyl/N-ethyl adjacent to an activating group) is 2. The molecule has 3 aromatic rings. The third kappa shape index (κ3) is 5.39. The molecule has 0 unspecified atom stereocenters. The van der Waals surface area contributed by atoms with Gasteiger partial charge < -0.3 is 35.0 Å². The van der Waals surface area contributed by atoms with Crippen molar-refractivity contribution >= 4 is 46.1 Å². The molecule has 0 aromatic heterocycles. The number of rotatable bonds is 7. The van der Waals surface area contributed by atoms with Crippen molar-refractivity contribution in [3.63, 3.8) is 0 Å². The summed E-state index contributed by atoms with van der Waals surface area (Å²) in [6, 6.07) is 17.3. The predicted molar refractivity (Wildman–Crippen MR) is 159 cm³/mol. The quantitative estimate of drug-likeness (QED) is 0.368. The van der Waals surface area contributed by atoms with Gasteiger partial charge in [-0.15, -0.1) is 0 Å². The lowest BCUT2D eigenvalue weighted by Gasteiger charge is -2.32. The Morgan fingerprint density at radius 2 is 1.67 bits per heavy atom. The fraction of sp³-hybridized carbons (Fsp3) is 0.258. The van der Waals surface area contributed by atoms with Gasteiger partial charge in [0.2, 0.25) is 12.7 Å². The molecule has 42 heavy (non-hydrogen) atoms. The maximum absolute atomic E-state index is 13.3. The van der Waals surface area contributed by atoms with Crippen LogP contribution >= 0.6 is 0 Å². The SMILES string of the molecule is CN1CCN(CC(=O)N(C)c2ccc(N/C(=C3\C(=O)Nc4ccc(C(=O)O)cc43)c3ccc4c(c3)OCO4)cc2)CC1. The molecule has 1 fully saturated rings. The van der Waals surface area contributed by atoms with Crippen LogP contribution in [0.4, 0.5) is 17.1 Å². The maximum Gasteiger partial charge on any atom is 0.335 e. The highest BCUT2D eigenvalue weighted by Crippen LogP contribution is 2.41. The molecular formula is C31H31N5O6. The van der Waals surface area contributed by atoms with E-state index < -0.39 is 5.97 Å². The number of hydrogen-bond donors (Lipinski definition) is 3. The van der Waals surface area contributed by atoms with Gasteiger partial charge >= 0.3 is 5.97 Å². The van der Waals surface area contributed by atoms with Gasteiger partial charge in [-0.25, -0.2) is 4.79 Å². The van der Waals surface area contributed by atoms with Crippen LogP contribution in [0.2, 0.25) is 0 Å². The third-order valence-electron chi connectivity index (χ3n) is 7.78. The Hall–Kier alpha value is -4.87. The Bertz CT molecular complexity index is 1590. The molecule has 216 valence electrons. The number of benzene rings is 3. The Morgan fingerprint density at radius 3 is 2.40 bits per heavy atom. The summed E-state index contributed by atoms with van der Waals surface area (Å²) in [5.41, 5.74) is 3.92. The number of nitrogens with one attached hydrogen (secondary N) is 2. The minimum absolute atomic E-state index is 0.0110. The molecule has 3 aliphatic heterocycles. The highest BCUT2D eigenvalue weighted by atomic mass is 16.7. The standard InChI is InChI=1S/C31H31N5O6/c1-34-11-13-36(14-12-34)17-27(37)35(2)22-7-5-21(6-8-22)32-29(19-4-10-25-26(16-19)42-18-41-25)28-23-15-20(31(39)40)3-9-24(23)33-30(28)38/h3-10,15-16,32H,11-14,17-18H2,1-2H3,(H,33,38)(H,39,40)/b29-28-. The Morgan fingerprint density at radius 1 is 0.952 bits per heavy atom. The Kier molecular flexibility index (Phi) is 7.27. The molecule has 0 aliphatic carbocycles. The number of carboxylic acids is 1. The second-order valence-electron chi connectivity index (χ2n) is 10.5. The summed E-state index contributed by atoms with van der Waals surface area (Å²) in [4.78, 5) is 44.0. The molecule has 0 saturated carbocycles. The summed E-state index contributed by atoms with van der Waals surface area (Å²) in [7, 11) is 3.85. The zero-order chi connectivity index (χ0) is 29.4. The fourth-order valence-electron chi connectivity index (χ4n) is 5.24. The van der Waals surface area contributed by atoms with Crippen molar-refractivity contribution in [1.82, 2.24) is 9.80 Å². The zero-order valence-corrected chi connectivity index (χ0v) is 23.3. The van der Waals surface area contributed by atoms with Crippen molar-refractivity contribution in [2.24, 2.45) is 0 Å². The highest BCUT2D eigenvalue weighted by molar-refractivity contribution is 6.37. The highest BCUT2D eigenvalue weighted by Gasteiger charge is 2.30. The topological polar surface area (TPSA) is 124 Å². The second-order valence-corrected chi connectivity index (χ2v) is 10.5. The summed E-state index contributed by atoms with van der Waals surface area (Å²) in [5, 5.41) is 15.8. The first-order valence-electron chi connectivity index (χ1n) is 13.6. The molecule has 2 amide bonds. The predicted octanol–water partition coefficient (Wildman–Crippen LogP) is 3.26. The molecule has 6 rings (SSSR count). The van der Waals surface area contributed by atoms with E-state index in [1.807, 2.05) is 30.3 Å². The van der Waals surface area contributed by atoms with Crippen LogP contribution < -0.4 is 25.0 Å². The molecule has 11 nitrogen and oxygen atoms in total. The molecule has 11 heteroatoms. The summed E-state index contributed by atoms with van der Waals surface area (Å²) >= 11 is 0. The van der Waals surface area contributed by atoms with Gasteiger partial charge in [-0.1, -0.05) is 0 Å². The van der Waals surface area contributed by atoms with E-state index in [9.17, 15) is 19.5 Å². The molecule has 3 N–H and O–H groups in total. The van der Waals surface area contributed by atoms with Gasteiger partial charge in [0.05, 0.1) is 23.4 Å². The monoisotopic (exact) mass is 569 g/mol. The Balaban J connectivity index is 1.30.